The van der Waals surface area contributed by atoms with Crippen LogP contribution in [-0.2, 0) is 4.74 Å². The average molecular weight is 263 g/mol. The largest absolute Gasteiger partial charge is 0.388 e. The SMILES string of the molecule is C=CC[C@](C)(O)[C@@H](C)N(CCOC)c1ccccc1. The predicted molar refractivity (Wildman–Crippen MR) is 80.6 cm³/mol. The van der Waals surface area contributed by atoms with Crippen molar-refractivity contribution in [2.45, 2.75) is 31.9 Å². The maximum absolute atomic E-state index is 10.6. The number of hydrogen-bond acceptors (Lipinski definition) is 3. The van der Waals surface area contributed by atoms with E-state index >= 15 is 0 Å². The van der Waals surface area contributed by atoms with Crippen LogP contribution in [0.15, 0.2) is 43.0 Å². The number of methoxy groups -OCH3 is 1. The molecule has 0 aromatic heterocycles. The maximum atomic E-state index is 10.6. The monoisotopic (exact) mass is 263 g/mol. The predicted octanol–water partition coefficient (Wildman–Crippen LogP) is 2.86. The minimum absolute atomic E-state index is 0.0250. The molecule has 0 heterocycles. The molecule has 1 aromatic carbocycles. The van der Waals surface area contributed by atoms with Crippen molar-refractivity contribution in [1.82, 2.24) is 0 Å². The van der Waals surface area contributed by atoms with Gasteiger partial charge in [0.1, 0.15) is 0 Å². The Morgan fingerprint density at radius 2 is 2.05 bits per heavy atom. The second kappa shape index (κ2) is 7.31. The first-order valence-electron chi connectivity index (χ1n) is 6.67. The molecule has 106 valence electrons. The Labute approximate surface area is 116 Å². The Kier molecular flexibility index (Phi) is 6.06. The van der Waals surface area contributed by atoms with Crippen LogP contribution in [0.25, 0.3) is 0 Å². The lowest BCUT2D eigenvalue weighted by atomic mass is 9.92. The van der Waals surface area contributed by atoms with E-state index in [1.807, 2.05) is 32.0 Å². The minimum atomic E-state index is -0.814. The Bertz CT molecular complexity index is 376. The highest BCUT2D eigenvalue weighted by Gasteiger charge is 2.31. The van der Waals surface area contributed by atoms with Crippen LogP contribution in [0.3, 0.4) is 0 Å². The van der Waals surface area contributed by atoms with Gasteiger partial charge in [-0.05, 0) is 32.4 Å². The molecular formula is C16H25NO2. The number of nitrogens with zero attached hydrogens (tertiary/aromatic N) is 1. The molecule has 2 atom stereocenters. The standard InChI is InChI=1S/C16H25NO2/c1-5-11-16(3,18)14(2)17(12-13-19-4)15-9-7-6-8-10-15/h5-10,14,18H,1,11-13H2,2-4H3/t14-,16+/m1/s1. The number of anilines is 1. The van der Waals surface area contributed by atoms with Crippen LogP contribution in [0.4, 0.5) is 5.69 Å². The number of aliphatic hydroxyl groups is 1. The lowest BCUT2D eigenvalue weighted by Gasteiger charge is -2.40. The van der Waals surface area contributed by atoms with Crippen LogP contribution < -0.4 is 4.90 Å². The molecule has 0 aliphatic heterocycles. The molecule has 3 heteroatoms. The minimum Gasteiger partial charge on any atom is -0.388 e. The zero-order chi connectivity index (χ0) is 14.3. The van der Waals surface area contributed by atoms with Crippen molar-refractivity contribution in [2.24, 2.45) is 0 Å². The van der Waals surface area contributed by atoms with Gasteiger partial charge in [-0.1, -0.05) is 24.3 Å². The van der Waals surface area contributed by atoms with Crippen LogP contribution in [-0.4, -0.2) is 37.0 Å². The third kappa shape index (κ3) is 4.37. The molecule has 0 radical (unpaired) electrons. The van der Waals surface area contributed by atoms with Crippen LogP contribution >= 0.6 is 0 Å². The summed E-state index contributed by atoms with van der Waals surface area (Å²) in [6.45, 7) is 8.98. The molecule has 1 rings (SSSR count). The lowest BCUT2D eigenvalue weighted by Crippen LogP contribution is -2.50. The normalized spacial score (nSPS) is 15.6. The quantitative estimate of drug-likeness (QED) is 0.732. The summed E-state index contributed by atoms with van der Waals surface area (Å²) < 4.78 is 5.17. The van der Waals surface area contributed by atoms with Gasteiger partial charge in [-0.25, -0.2) is 0 Å². The summed E-state index contributed by atoms with van der Waals surface area (Å²) in [6.07, 6.45) is 2.32. The van der Waals surface area contributed by atoms with E-state index < -0.39 is 5.60 Å². The molecule has 0 unspecified atom stereocenters. The van der Waals surface area contributed by atoms with Crippen molar-refractivity contribution in [2.75, 3.05) is 25.2 Å². The van der Waals surface area contributed by atoms with E-state index in [2.05, 4.69) is 23.6 Å². The summed E-state index contributed by atoms with van der Waals surface area (Å²) in [6, 6.07) is 10.1. The van der Waals surface area contributed by atoms with E-state index in [4.69, 9.17) is 4.74 Å². The van der Waals surface area contributed by atoms with Gasteiger partial charge in [0.25, 0.3) is 0 Å². The average Bonchev–Trinajstić information content (AvgIpc) is 2.40. The van der Waals surface area contributed by atoms with E-state index in [0.717, 1.165) is 12.2 Å². The van der Waals surface area contributed by atoms with Gasteiger partial charge in [-0.3, -0.25) is 0 Å². The van der Waals surface area contributed by atoms with E-state index in [-0.39, 0.29) is 6.04 Å². The van der Waals surface area contributed by atoms with Crippen LogP contribution in [0.2, 0.25) is 0 Å². The molecule has 0 bridgehead atoms. The zero-order valence-corrected chi connectivity index (χ0v) is 12.2. The molecule has 0 aliphatic carbocycles. The molecule has 19 heavy (non-hydrogen) atoms. The Morgan fingerprint density at radius 1 is 1.42 bits per heavy atom. The van der Waals surface area contributed by atoms with Crippen molar-refractivity contribution >= 4 is 5.69 Å². The summed E-state index contributed by atoms with van der Waals surface area (Å²) in [5, 5.41) is 10.6. The first-order chi connectivity index (χ1) is 9.03. The molecule has 0 amide bonds. The fraction of sp³-hybridized carbons (Fsp3) is 0.500. The van der Waals surface area contributed by atoms with Gasteiger partial charge < -0.3 is 14.7 Å². The van der Waals surface area contributed by atoms with Crippen molar-refractivity contribution in [3.63, 3.8) is 0 Å². The van der Waals surface area contributed by atoms with E-state index in [9.17, 15) is 5.11 Å². The highest BCUT2D eigenvalue weighted by molar-refractivity contribution is 5.47. The molecule has 0 fully saturated rings. The number of rotatable bonds is 8. The molecule has 0 saturated carbocycles. The molecule has 0 aliphatic rings. The number of para-hydroxylation sites is 1. The van der Waals surface area contributed by atoms with Gasteiger partial charge in [0.15, 0.2) is 0 Å². The van der Waals surface area contributed by atoms with Crippen molar-refractivity contribution in [3.05, 3.63) is 43.0 Å². The first kappa shape index (κ1) is 15.7. The molecule has 3 nitrogen and oxygen atoms in total. The zero-order valence-electron chi connectivity index (χ0n) is 12.2. The van der Waals surface area contributed by atoms with Gasteiger partial charge in [-0.2, -0.15) is 0 Å². The van der Waals surface area contributed by atoms with Gasteiger partial charge in [0.2, 0.25) is 0 Å². The van der Waals surface area contributed by atoms with Crippen molar-refractivity contribution in [3.8, 4) is 0 Å². The van der Waals surface area contributed by atoms with Crippen molar-refractivity contribution < 1.29 is 9.84 Å². The maximum Gasteiger partial charge on any atom is 0.0853 e. The van der Waals surface area contributed by atoms with Gasteiger partial charge in [0, 0.05) is 19.3 Å². The summed E-state index contributed by atoms with van der Waals surface area (Å²) in [5.41, 5.74) is 0.280. The second-order valence-electron chi connectivity index (χ2n) is 5.05. The summed E-state index contributed by atoms with van der Waals surface area (Å²) in [4.78, 5) is 2.17. The Hall–Kier alpha value is -1.32. The topological polar surface area (TPSA) is 32.7 Å². The van der Waals surface area contributed by atoms with Gasteiger partial charge >= 0.3 is 0 Å². The fourth-order valence-electron chi connectivity index (χ4n) is 2.15. The Balaban J connectivity index is 2.93. The molecule has 0 spiro atoms. The first-order valence-corrected chi connectivity index (χ1v) is 6.67. The molecule has 1 aromatic rings. The fourth-order valence-corrected chi connectivity index (χ4v) is 2.15. The van der Waals surface area contributed by atoms with E-state index in [0.29, 0.717) is 13.0 Å². The third-order valence-electron chi connectivity index (χ3n) is 3.55. The highest BCUT2D eigenvalue weighted by Crippen LogP contribution is 2.25. The molecular weight excluding hydrogens is 238 g/mol. The summed E-state index contributed by atoms with van der Waals surface area (Å²) in [7, 11) is 1.69. The highest BCUT2D eigenvalue weighted by atomic mass is 16.5. The van der Waals surface area contributed by atoms with Crippen LogP contribution in [0, 0.1) is 0 Å². The third-order valence-corrected chi connectivity index (χ3v) is 3.55. The van der Waals surface area contributed by atoms with Gasteiger partial charge in [0.05, 0.1) is 18.2 Å². The van der Waals surface area contributed by atoms with E-state index in [1.165, 1.54) is 0 Å². The van der Waals surface area contributed by atoms with Crippen LogP contribution in [0.1, 0.15) is 20.3 Å². The van der Waals surface area contributed by atoms with Crippen molar-refractivity contribution in [1.29, 1.82) is 0 Å². The number of hydrogen-bond donors (Lipinski definition) is 1. The number of benzene rings is 1. The van der Waals surface area contributed by atoms with Gasteiger partial charge in [-0.15, -0.1) is 6.58 Å². The lowest BCUT2D eigenvalue weighted by molar-refractivity contribution is 0.0369. The smallest absolute Gasteiger partial charge is 0.0853 e. The molecule has 0 saturated heterocycles. The summed E-state index contributed by atoms with van der Waals surface area (Å²) in [5.74, 6) is 0. The molecule has 1 N–H and O–H groups in total. The number of ether oxygens (including phenoxy) is 1. The van der Waals surface area contributed by atoms with Crippen LogP contribution in [0.5, 0.6) is 0 Å². The summed E-state index contributed by atoms with van der Waals surface area (Å²) >= 11 is 0. The Morgan fingerprint density at radius 3 is 2.58 bits per heavy atom. The van der Waals surface area contributed by atoms with E-state index in [1.54, 1.807) is 13.2 Å². The second-order valence-corrected chi connectivity index (χ2v) is 5.05.